The maximum absolute atomic E-state index is 11.7. The first-order chi connectivity index (χ1) is 14.8. The molecule has 0 aromatic carbocycles. The summed E-state index contributed by atoms with van der Waals surface area (Å²) >= 11 is 3.98. The first kappa shape index (κ1) is 23.1. The summed E-state index contributed by atoms with van der Waals surface area (Å²) in [6, 6.07) is 0. The number of allylic oxidation sites excluding steroid dienone is 4. The van der Waals surface area contributed by atoms with Crippen molar-refractivity contribution in [3.05, 3.63) is 47.6 Å². The molecule has 0 saturated heterocycles. The van der Waals surface area contributed by atoms with Crippen molar-refractivity contribution >= 4 is 17.7 Å². The van der Waals surface area contributed by atoms with Crippen LogP contribution < -0.4 is 0 Å². The predicted octanol–water partition coefficient (Wildman–Crippen LogP) is 5.70. The Morgan fingerprint density at radius 3 is 2.68 bits per heavy atom. The normalized spacial score (nSPS) is 38.6. The topological polar surface area (TPSA) is 57.5 Å². The van der Waals surface area contributed by atoms with Crippen LogP contribution in [-0.2, 0) is 4.79 Å². The number of hydrogen-bond donors (Lipinski definition) is 3. The summed E-state index contributed by atoms with van der Waals surface area (Å²) in [5.74, 6) is 1.26. The van der Waals surface area contributed by atoms with Crippen molar-refractivity contribution < 1.29 is 15.0 Å². The molecule has 31 heavy (non-hydrogen) atoms. The zero-order valence-corrected chi connectivity index (χ0v) is 19.7. The molecular weight excluding hydrogens is 404 g/mol. The summed E-state index contributed by atoms with van der Waals surface area (Å²) < 4.78 is 0. The summed E-state index contributed by atoms with van der Waals surface area (Å²) in [5, 5.41) is 20.4. The molecule has 4 aliphatic carbocycles. The predicted molar refractivity (Wildman–Crippen MR) is 129 cm³/mol. The minimum atomic E-state index is -0.696. The fourth-order valence-corrected chi connectivity index (χ4v) is 6.77. The Bertz CT molecular complexity index is 818. The Morgan fingerprint density at radius 1 is 1.23 bits per heavy atom. The van der Waals surface area contributed by atoms with E-state index in [9.17, 15) is 15.0 Å². The quantitative estimate of drug-likeness (QED) is 0.365. The fraction of sp³-hybridized carbons (Fsp3) is 0.667. The number of carbonyl (C=O) groups is 1. The van der Waals surface area contributed by atoms with Crippen LogP contribution in [0.5, 0.6) is 0 Å². The third-order valence-electron chi connectivity index (χ3n) is 8.91. The summed E-state index contributed by atoms with van der Waals surface area (Å²) in [5.41, 5.74) is 3.60. The van der Waals surface area contributed by atoms with Crippen LogP contribution in [0.25, 0.3) is 0 Å². The van der Waals surface area contributed by atoms with Gasteiger partial charge in [-0.1, -0.05) is 49.0 Å². The van der Waals surface area contributed by atoms with Crippen molar-refractivity contribution in [2.24, 2.45) is 22.7 Å². The maximum Gasteiger partial charge on any atom is 0.194 e. The molecular formula is C27H38O3S. The van der Waals surface area contributed by atoms with E-state index in [4.69, 9.17) is 0 Å². The Hall–Kier alpha value is -1.10. The van der Waals surface area contributed by atoms with Crippen LogP contribution in [0.15, 0.2) is 47.6 Å². The van der Waals surface area contributed by atoms with E-state index in [1.807, 2.05) is 6.08 Å². The number of hydrogen-bond acceptors (Lipinski definition) is 3. The van der Waals surface area contributed by atoms with Gasteiger partial charge in [0.1, 0.15) is 0 Å². The molecule has 0 heterocycles. The highest BCUT2D eigenvalue weighted by Gasteiger charge is 2.53. The van der Waals surface area contributed by atoms with Crippen LogP contribution in [0.3, 0.4) is 0 Å². The highest BCUT2D eigenvalue weighted by atomic mass is 32.1. The molecule has 0 aromatic heterocycles. The molecule has 0 amide bonds. The van der Waals surface area contributed by atoms with Gasteiger partial charge in [-0.3, -0.25) is 4.79 Å². The maximum atomic E-state index is 11.7. The van der Waals surface area contributed by atoms with Gasteiger partial charge < -0.3 is 10.2 Å². The van der Waals surface area contributed by atoms with Crippen molar-refractivity contribution in [1.82, 2.24) is 0 Å². The van der Waals surface area contributed by atoms with Crippen molar-refractivity contribution in [3.8, 4) is 0 Å². The zero-order chi connectivity index (χ0) is 22.2. The number of rotatable bonds is 6. The van der Waals surface area contributed by atoms with Crippen molar-refractivity contribution in [3.63, 3.8) is 0 Å². The molecule has 170 valence electrons. The molecule has 4 heteroatoms. The third-order valence-corrected chi connectivity index (χ3v) is 9.35. The van der Waals surface area contributed by atoms with Crippen LogP contribution >= 0.6 is 12.6 Å². The minimum Gasteiger partial charge on any atom is -0.388 e. The highest BCUT2D eigenvalue weighted by Crippen LogP contribution is 2.58. The summed E-state index contributed by atoms with van der Waals surface area (Å²) in [4.78, 5) is 11.7. The van der Waals surface area contributed by atoms with Gasteiger partial charge in [0.2, 0.25) is 0 Å². The first-order valence-electron chi connectivity index (χ1n) is 12.1. The Morgan fingerprint density at radius 2 is 2.00 bits per heavy atom. The molecule has 4 fully saturated rings. The lowest BCUT2D eigenvalue weighted by atomic mass is 9.63. The molecule has 0 bridgehead atoms. The number of aliphatic hydroxyl groups excluding tert-OH is 2. The summed E-state index contributed by atoms with van der Waals surface area (Å²) in [6.07, 6.45) is 18.8. The van der Waals surface area contributed by atoms with E-state index in [0.717, 1.165) is 44.1 Å². The van der Waals surface area contributed by atoms with Gasteiger partial charge in [0.15, 0.2) is 5.12 Å². The van der Waals surface area contributed by atoms with Gasteiger partial charge in [0.25, 0.3) is 0 Å². The van der Waals surface area contributed by atoms with Gasteiger partial charge in [-0.25, -0.2) is 0 Å². The van der Waals surface area contributed by atoms with E-state index < -0.39 is 11.5 Å². The van der Waals surface area contributed by atoms with Crippen molar-refractivity contribution in [2.75, 3.05) is 0 Å². The molecule has 4 rings (SSSR count). The molecule has 0 aliphatic heterocycles. The lowest BCUT2D eigenvalue weighted by molar-refractivity contribution is -0.118. The third kappa shape index (κ3) is 4.54. The number of aliphatic hydroxyl groups is 2. The Kier molecular flexibility index (Phi) is 6.72. The van der Waals surface area contributed by atoms with Crippen molar-refractivity contribution in [1.29, 1.82) is 0 Å². The van der Waals surface area contributed by atoms with Gasteiger partial charge >= 0.3 is 0 Å². The average molecular weight is 443 g/mol. The number of carbonyl (C=O) groups excluding carboxylic acids is 1. The molecule has 5 atom stereocenters. The van der Waals surface area contributed by atoms with Crippen LogP contribution in [-0.4, -0.2) is 27.5 Å². The molecule has 0 radical (unpaired) electrons. The standard InChI is InChI=1S/C27H38O3S/c1-18-8-9-19(17-23(18)28)10-11-20-5-4-14-26(2)21(12-13-22(20)26)6-3-7-24(29)27(15-16-27)25(30)31/h3,7,10-11,21-24,28-29H,1,4-6,8-9,12-17H2,2H3,(H,30,31)/b7-3+,19-10-,20-11+. The second-order valence-electron chi connectivity index (χ2n) is 10.7. The molecule has 5 unspecified atom stereocenters. The van der Waals surface area contributed by atoms with E-state index in [-0.39, 0.29) is 11.2 Å². The van der Waals surface area contributed by atoms with Crippen molar-refractivity contribution in [2.45, 2.75) is 89.8 Å². The van der Waals surface area contributed by atoms with Gasteiger partial charge in [-0.15, -0.1) is 12.6 Å². The summed E-state index contributed by atoms with van der Waals surface area (Å²) in [7, 11) is 0. The van der Waals surface area contributed by atoms with Gasteiger partial charge in [0.05, 0.1) is 17.6 Å². The minimum absolute atomic E-state index is 0.177. The lowest BCUT2D eigenvalue weighted by Crippen LogP contribution is -2.33. The SMILES string of the molecule is C=C1CC/C(=C/C=C2\CCCC3(C)C(C/C=C/C(O)C4(C(=O)S)CC4)CCC23)CC1O. The largest absolute Gasteiger partial charge is 0.388 e. The molecule has 2 N–H and O–H groups in total. The smallest absolute Gasteiger partial charge is 0.194 e. The number of fused-ring (bicyclic) bond motifs is 1. The monoisotopic (exact) mass is 442 g/mol. The lowest BCUT2D eigenvalue weighted by Gasteiger charge is -2.42. The molecule has 3 nitrogen and oxygen atoms in total. The van der Waals surface area contributed by atoms with Crippen LogP contribution in [0.4, 0.5) is 0 Å². The van der Waals surface area contributed by atoms with Crippen LogP contribution in [0, 0.1) is 22.7 Å². The van der Waals surface area contributed by atoms with E-state index in [0.29, 0.717) is 17.3 Å². The van der Waals surface area contributed by atoms with E-state index in [1.54, 1.807) is 5.57 Å². The Labute approximate surface area is 192 Å². The van der Waals surface area contributed by atoms with Crippen LogP contribution in [0.1, 0.15) is 77.6 Å². The molecule has 4 saturated carbocycles. The van der Waals surface area contributed by atoms with E-state index >= 15 is 0 Å². The molecule has 0 spiro atoms. The fourth-order valence-electron chi connectivity index (χ4n) is 6.42. The summed E-state index contributed by atoms with van der Waals surface area (Å²) in [6.45, 7) is 6.43. The molecule has 4 aliphatic rings. The van der Waals surface area contributed by atoms with Crippen LogP contribution in [0.2, 0.25) is 0 Å². The van der Waals surface area contributed by atoms with Gasteiger partial charge in [-0.05, 0) is 93.5 Å². The van der Waals surface area contributed by atoms with E-state index in [1.165, 1.54) is 37.7 Å². The zero-order valence-electron chi connectivity index (χ0n) is 18.9. The second kappa shape index (κ2) is 9.03. The Balaban J connectivity index is 1.40. The number of thiol groups is 1. The van der Waals surface area contributed by atoms with E-state index in [2.05, 4.69) is 44.4 Å². The van der Waals surface area contributed by atoms with Gasteiger partial charge in [0, 0.05) is 0 Å². The average Bonchev–Trinajstić information content (AvgIpc) is 3.48. The second-order valence-corrected chi connectivity index (χ2v) is 11.1. The highest BCUT2D eigenvalue weighted by molar-refractivity contribution is 7.96. The first-order valence-corrected chi connectivity index (χ1v) is 12.5. The molecule has 0 aromatic rings. The van der Waals surface area contributed by atoms with Gasteiger partial charge in [-0.2, -0.15) is 0 Å².